The van der Waals surface area contributed by atoms with Gasteiger partial charge in [0.1, 0.15) is 17.3 Å². The first-order valence-electron chi connectivity index (χ1n) is 9.47. The molecule has 0 saturated heterocycles. The predicted molar refractivity (Wildman–Crippen MR) is 109 cm³/mol. The molecule has 175 valence electrons. The van der Waals surface area contributed by atoms with Crippen molar-refractivity contribution in [3.63, 3.8) is 0 Å². The molecule has 0 saturated carbocycles. The van der Waals surface area contributed by atoms with Crippen LogP contribution >= 0.6 is 0 Å². The maximum atomic E-state index is 10.6. The zero-order valence-corrected chi connectivity index (χ0v) is 21.3. The van der Waals surface area contributed by atoms with Crippen molar-refractivity contribution in [1.82, 2.24) is 0 Å². The van der Waals surface area contributed by atoms with Crippen LogP contribution in [0.4, 0.5) is 0 Å². The van der Waals surface area contributed by atoms with Gasteiger partial charge in [0.05, 0.1) is 0 Å². The first-order chi connectivity index (χ1) is 13.7. The Labute approximate surface area is 203 Å². The van der Waals surface area contributed by atoms with Crippen molar-refractivity contribution in [2.24, 2.45) is 17.8 Å². The maximum absolute atomic E-state index is 10.6. The fourth-order valence-electron chi connectivity index (χ4n) is 2.08. The zero-order valence-electron chi connectivity index (χ0n) is 18.9. The first-order valence-corrected chi connectivity index (χ1v) is 9.47. The third kappa shape index (κ3) is 24.1. The van der Waals surface area contributed by atoms with E-state index in [4.69, 9.17) is 15.3 Å². The summed E-state index contributed by atoms with van der Waals surface area (Å²) in [4.78, 5) is 62.0. The average Bonchev–Trinajstić information content (AvgIpc) is 2.61. The summed E-state index contributed by atoms with van der Waals surface area (Å²) in [6.07, 6.45) is 4.76. The minimum absolute atomic E-state index is 0. The van der Waals surface area contributed by atoms with E-state index in [1.54, 1.807) is 20.8 Å². The molecule has 10 heteroatoms. The molecule has 0 aromatic carbocycles. The monoisotopic (exact) mass is 519 g/mol. The fourth-order valence-corrected chi connectivity index (χ4v) is 2.08. The minimum Gasteiger partial charge on any atom is -0.503 e. The first kappa shape index (κ1) is 36.3. The van der Waals surface area contributed by atoms with Gasteiger partial charge in [-0.15, -0.1) is 0 Å². The second-order valence-electron chi connectivity index (χ2n) is 6.39. The maximum Gasteiger partial charge on any atom is 3.00 e. The van der Waals surface area contributed by atoms with E-state index in [1.807, 2.05) is 0 Å². The van der Waals surface area contributed by atoms with E-state index in [0.29, 0.717) is 19.3 Å². The van der Waals surface area contributed by atoms with Gasteiger partial charge in [-0.3, -0.25) is 33.6 Å². The summed E-state index contributed by atoms with van der Waals surface area (Å²) >= 11 is 0. The number of hydrogen-bond donors (Lipinski definition) is 3. The van der Waals surface area contributed by atoms with Crippen LogP contribution in [0.1, 0.15) is 60.8 Å². The topological polar surface area (TPSA) is 163 Å². The van der Waals surface area contributed by atoms with Crippen molar-refractivity contribution in [3.05, 3.63) is 19.3 Å². The number of rotatable bonds is 12. The van der Waals surface area contributed by atoms with Gasteiger partial charge in [-0.05, 0) is 20.8 Å². The molecule has 3 N–H and O–H groups in total. The molecule has 0 aliphatic heterocycles. The summed E-state index contributed by atoms with van der Waals surface area (Å²) in [6, 6.07) is 0. The standard InChI is InChI=1S/3C7H11O3.Zr/c3*1-3-6(5(2)8)4-7(9)10;/h3*4,6H,3H2,1-2H3,(H,9,10);/q3*-1;+3. The van der Waals surface area contributed by atoms with Crippen molar-refractivity contribution in [2.75, 3.05) is 0 Å². The largest absolute Gasteiger partial charge is 3.00 e. The van der Waals surface area contributed by atoms with E-state index >= 15 is 0 Å². The molecule has 0 aromatic rings. The number of ketones is 3. The van der Waals surface area contributed by atoms with Crippen LogP contribution in [0.25, 0.3) is 0 Å². The zero-order chi connectivity index (χ0) is 24.4. The average molecular weight is 521 g/mol. The Morgan fingerprint density at radius 2 is 0.710 bits per heavy atom. The van der Waals surface area contributed by atoms with E-state index in [0.717, 1.165) is 19.3 Å². The van der Waals surface area contributed by atoms with Crippen molar-refractivity contribution in [1.29, 1.82) is 0 Å². The fraction of sp³-hybridized carbons (Fsp3) is 0.571. The number of carbonyl (C=O) groups excluding carboxylic acids is 3. The Kier molecular flexibility index (Phi) is 24.8. The molecule has 0 amide bonds. The number of aliphatic carboxylic acids is 3. The van der Waals surface area contributed by atoms with Gasteiger partial charge in [0.15, 0.2) is 17.9 Å². The third-order valence-corrected chi connectivity index (χ3v) is 3.92. The number of carboxylic acid groups (broad SMARTS) is 3. The molecule has 0 bridgehead atoms. The molecule has 9 nitrogen and oxygen atoms in total. The molecule has 0 spiro atoms. The Hall–Kier alpha value is -2.09. The van der Waals surface area contributed by atoms with Gasteiger partial charge in [0.25, 0.3) is 0 Å². The Bertz CT molecular complexity index is 507. The minimum atomic E-state index is -1.03. The molecule has 0 aliphatic rings. The van der Waals surface area contributed by atoms with Gasteiger partial charge in [-0.1, -0.05) is 57.8 Å². The summed E-state index contributed by atoms with van der Waals surface area (Å²) in [5.41, 5.74) is 0. The molecule has 0 aliphatic carbocycles. The van der Waals surface area contributed by atoms with Crippen molar-refractivity contribution in [3.8, 4) is 0 Å². The predicted octanol–water partition coefficient (Wildman–Crippen LogP) is 2.67. The smallest absolute Gasteiger partial charge is 0.503 e. The van der Waals surface area contributed by atoms with E-state index in [9.17, 15) is 28.8 Å². The third-order valence-electron chi connectivity index (χ3n) is 3.92. The van der Waals surface area contributed by atoms with Crippen LogP contribution in [-0.4, -0.2) is 50.6 Å². The summed E-state index contributed by atoms with van der Waals surface area (Å²) in [7, 11) is 0. The summed E-state index contributed by atoms with van der Waals surface area (Å²) in [5, 5.41) is 24.8. The second-order valence-corrected chi connectivity index (χ2v) is 6.39. The molecule has 0 rings (SSSR count). The van der Waals surface area contributed by atoms with E-state index in [2.05, 4.69) is 0 Å². The number of carboxylic acids is 3. The molecule has 0 fully saturated rings. The van der Waals surface area contributed by atoms with E-state index in [-0.39, 0.29) is 43.6 Å². The normalized spacial score (nSPS) is 11.8. The number of hydrogen-bond acceptors (Lipinski definition) is 6. The van der Waals surface area contributed by atoms with Gasteiger partial charge < -0.3 is 29.7 Å². The van der Waals surface area contributed by atoms with Gasteiger partial charge >= 0.3 is 26.2 Å². The number of carbonyl (C=O) groups is 6. The van der Waals surface area contributed by atoms with Crippen LogP contribution in [0.2, 0.25) is 0 Å². The molecule has 31 heavy (non-hydrogen) atoms. The molecular weight excluding hydrogens is 487 g/mol. The summed E-state index contributed by atoms with van der Waals surface area (Å²) in [5.74, 6) is -4.61. The summed E-state index contributed by atoms with van der Waals surface area (Å²) < 4.78 is 0. The van der Waals surface area contributed by atoms with E-state index < -0.39 is 35.7 Å². The molecule has 1 radical (unpaired) electrons. The number of Topliss-reactive ketones (excluding diaryl/α,β-unsaturated/α-hetero) is 3. The van der Waals surface area contributed by atoms with Gasteiger partial charge in [-0.25, -0.2) is 0 Å². The molecule has 3 unspecified atom stereocenters. The van der Waals surface area contributed by atoms with Crippen molar-refractivity contribution < 1.29 is 70.3 Å². The van der Waals surface area contributed by atoms with Gasteiger partial charge in [0, 0.05) is 0 Å². The van der Waals surface area contributed by atoms with Crippen LogP contribution in [-0.2, 0) is 55.0 Å². The molecular formula is C21H33O9Zr. The Balaban J connectivity index is -0.000000174. The summed E-state index contributed by atoms with van der Waals surface area (Å²) in [6.45, 7) is 9.54. The SMILES string of the molecule is CCC([CH-]C(=O)O)C(C)=O.CCC([CH-]C(=O)O)C(C)=O.CCC([CH-]C(=O)O)C(C)=O.[Zr+3]. The molecule has 3 atom stereocenters. The van der Waals surface area contributed by atoms with Gasteiger partial charge in [0.2, 0.25) is 0 Å². The Morgan fingerprint density at radius 1 is 0.548 bits per heavy atom. The van der Waals surface area contributed by atoms with Crippen LogP contribution in [0.3, 0.4) is 0 Å². The van der Waals surface area contributed by atoms with Crippen LogP contribution in [0.15, 0.2) is 0 Å². The van der Waals surface area contributed by atoms with Crippen molar-refractivity contribution in [2.45, 2.75) is 60.8 Å². The van der Waals surface area contributed by atoms with Crippen LogP contribution in [0, 0.1) is 37.0 Å². The molecule has 0 heterocycles. The second kappa shape index (κ2) is 21.2. The van der Waals surface area contributed by atoms with Crippen LogP contribution < -0.4 is 0 Å². The van der Waals surface area contributed by atoms with Crippen LogP contribution in [0.5, 0.6) is 0 Å². The van der Waals surface area contributed by atoms with Gasteiger partial charge in [-0.2, -0.15) is 0 Å². The molecule has 0 aromatic heterocycles. The quantitative estimate of drug-likeness (QED) is 0.328. The Morgan fingerprint density at radius 3 is 0.742 bits per heavy atom. The van der Waals surface area contributed by atoms with Crippen molar-refractivity contribution >= 4 is 35.3 Å². The van der Waals surface area contributed by atoms with E-state index in [1.165, 1.54) is 20.8 Å².